The largest absolute Gasteiger partial charge is 0.396 e. The fourth-order valence-corrected chi connectivity index (χ4v) is 2.93. The van der Waals surface area contributed by atoms with Crippen molar-refractivity contribution < 1.29 is 5.11 Å². The summed E-state index contributed by atoms with van der Waals surface area (Å²) in [5.41, 5.74) is 2.23. The smallest absolute Gasteiger partial charge is 0.124 e. The number of rotatable bonds is 5. The maximum absolute atomic E-state index is 9.13. The van der Waals surface area contributed by atoms with Gasteiger partial charge in [-0.15, -0.1) is 0 Å². The number of benzene rings is 1. The van der Waals surface area contributed by atoms with Gasteiger partial charge in [0.15, 0.2) is 0 Å². The number of hydrogen-bond acceptors (Lipinski definition) is 4. The first-order valence-electron chi connectivity index (χ1n) is 7.74. The summed E-state index contributed by atoms with van der Waals surface area (Å²) in [4.78, 5) is 9.64. The van der Waals surface area contributed by atoms with Gasteiger partial charge in [-0.2, -0.15) is 0 Å². The third kappa shape index (κ3) is 3.26. The highest BCUT2D eigenvalue weighted by Crippen LogP contribution is 2.18. The minimum Gasteiger partial charge on any atom is -0.396 e. The Balaban J connectivity index is 1.82. The molecule has 1 saturated heterocycles. The van der Waals surface area contributed by atoms with Crippen LogP contribution in [0.1, 0.15) is 12.2 Å². The first-order chi connectivity index (χ1) is 10.3. The Morgan fingerprint density at radius 3 is 2.67 bits per heavy atom. The molecule has 0 spiro atoms. The van der Waals surface area contributed by atoms with Gasteiger partial charge in [-0.25, -0.2) is 4.98 Å². The van der Waals surface area contributed by atoms with Gasteiger partial charge in [0.1, 0.15) is 5.82 Å². The van der Waals surface area contributed by atoms with E-state index in [1.54, 1.807) is 0 Å². The van der Waals surface area contributed by atoms with Crippen molar-refractivity contribution in [1.82, 2.24) is 19.4 Å². The molecule has 0 bridgehead atoms. The molecule has 5 heteroatoms. The second-order valence-corrected chi connectivity index (χ2v) is 5.82. The average molecular weight is 288 g/mol. The molecule has 114 valence electrons. The second-order valence-electron chi connectivity index (χ2n) is 5.82. The minimum absolute atomic E-state index is 0.223. The molecule has 1 aromatic heterocycles. The average Bonchev–Trinajstić information content (AvgIpc) is 2.85. The molecule has 2 heterocycles. The van der Waals surface area contributed by atoms with E-state index >= 15 is 0 Å². The topological polar surface area (TPSA) is 44.5 Å². The van der Waals surface area contributed by atoms with Crippen LogP contribution in [0.4, 0.5) is 0 Å². The van der Waals surface area contributed by atoms with E-state index in [0.717, 1.165) is 57.0 Å². The number of para-hydroxylation sites is 2. The van der Waals surface area contributed by atoms with Crippen LogP contribution in [0, 0.1) is 0 Å². The minimum atomic E-state index is 0.223. The molecule has 21 heavy (non-hydrogen) atoms. The molecule has 1 aliphatic heterocycles. The third-order valence-electron chi connectivity index (χ3n) is 4.23. The van der Waals surface area contributed by atoms with Gasteiger partial charge in [0.25, 0.3) is 0 Å². The third-order valence-corrected chi connectivity index (χ3v) is 4.23. The summed E-state index contributed by atoms with van der Waals surface area (Å²) in [7, 11) is 2.17. The Bertz CT molecular complexity index is 587. The lowest BCUT2D eigenvalue weighted by Crippen LogP contribution is -2.44. The number of aliphatic hydroxyl groups is 1. The summed E-state index contributed by atoms with van der Waals surface area (Å²) < 4.78 is 2.27. The summed E-state index contributed by atoms with van der Waals surface area (Å²) >= 11 is 0. The van der Waals surface area contributed by atoms with Crippen molar-refractivity contribution in [1.29, 1.82) is 0 Å². The normalized spacial score (nSPS) is 17.6. The Morgan fingerprint density at radius 2 is 1.90 bits per heavy atom. The van der Waals surface area contributed by atoms with Gasteiger partial charge >= 0.3 is 0 Å². The van der Waals surface area contributed by atoms with Crippen LogP contribution in [-0.4, -0.2) is 64.3 Å². The Kier molecular flexibility index (Phi) is 4.53. The fraction of sp³-hybridized carbons (Fsp3) is 0.562. The van der Waals surface area contributed by atoms with E-state index in [1.807, 2.05) is 6.07 Å². The Hall–Kier alpha value is -1.43. The molecule has 1 aliphatic rings. The summed E-state index contributed by atoms with van der Waals surface area (Å²) in [6.07, 6.45) is 0.774. The van der Waals surface area contributed by atoms with Crippen molar-refractivity contribution in [2.75, 3.05) is 39.8 Å². The molecule has 5 nitrogen and oxygen atoms in total. The van der Waals surface area contributed by atoms with Crippen molar-refractivity contribution in [3.63, 3.8) is 0 Å². The van der Waals surface area contributed by atoms with E-state index in [-0.39, 0.29) is 6.61 Å². The van der Waals surface area contributed by atoms with E-state index in [0.29, 0.717) is 0 Å². The molecule has 1 aromatic carbocycles. The van der Waals surface area contributed by atoms with Crippen LogP contribution in [0.5, 0.6) is 0 Å². The summed E-state index contributed by atoms with van der Waals surface area (Å²) in [5, 5.41) is 9.13. The molecule has 0 radical (unpaired) electrons. The summed E-state index contributed by atoms with van der Waals surface area (Å²) in [6, 6.07) is 8.27. The van der Waals surface area contributed by atoms with Gasteiger partial charge in [-0.3, -0.25) is 4.90 Å². The number of aryl methyl sites for hydroxylation is 1. The number of aliphatic hydroxyl groups excluding tert-OH is 1. The SMILES string of the molecule is CN1CCN(Cc2nc3ccccc3n2CCCO)CC1. The monoisotopic (exact) mass is 288 g/mol. The standard InChI is InChI=1S/C16H24N4O/c1-18-8-10-19(11-9-18)13-16-17-14-5-2-3-6-15(14)20(16)7-4-12-21/h2-3,5-6,21H,4,7-13H2,1H3. The lowest BCUT2D eigenvalue weighted by molar-refractivity contribution is 0.144. The zero-order valence-corrected chi connectivity index (χ0v) is 12.7. The van der Waals surface area contributed by atoms with Crippen LogP contribution in [0.25, 0.3) is 11.0 Å². The van der Waals surface area contributed by atoms with Crippen LogP contribution in [-0.2, 0) is 13.1 Å². The fourth-order valence-electron chi connectivity index (χ4n) is 2.93. The van der Waals surface area contributed by atoms with E-state index in [4.69, 9.17) is 10.1 Å². The number of hydrogen-bond donors (Lipinski definition) is 1. The lowest BCUT2D eigenvalue weighted by atomic mass is 10.3. The molecule has 3 rings (SSSR count). The molecular formula is C16H24N4O. The molecule has 0 saturated carbocycles. The Labute approximate surface area is 125 Å². The van der Waals surface area contributed by atoms with Crippen LogP contribution < -0.4 is 0 Å². The van der Waals surface area contributed by atoms with E-state index in [9.17, 15) is 0 Å². The quantitative estimate of drug-likeness (QED) is 0.897. The highest BCUT2D eigenvalue weighted by atomic mass is 16.3. The molecule has 1 fully saturated rings. The van der Waals surface area contributed by atoms with Gasteiger partial charge in [-0.1, -0.05) is 12.1 Å². The van der Waals surface area contributed by atoms with Crippen molar-refractivity contribution in [3.8, 4) is 0 Å². The zero-order valence-electron chi connectivity index (χ0n) is 12.7. The van der Waals surface area contributed by atoms with Crippen LogP contribution >= 0.6 is 0 Å². The van der Waals surface area contributed by atoms with Crippen molar-refractivity contribution in [2.45, 2.75) is 19.5 Å². The number of likely N-dealkylation sites (N-methyl/N-ethyl adjacent to an activating group) is 1. The number of piperazine rings is 1. The maximum Gasteiger partial charge on any atom is 0.124 e. The Morgan fingerprint density at radius 1 is 1.14 bits per heavy atom. The van der Waals surface area contributed by atoms with Crippen molar-refractivity contribution in [3.05, 3.63) is 30.1 Å². The van der Waals surface area contributed by atoms with Gasteiger partial charge in [0, 0.05) is 39.3 Å². The number of fused-ring (bicyclic) bond motifs is 1. The molecule has 0 atom stereocenters. The number of nitrogens with zero attached hydrogens (tertiary/aromatic N) is 4. The molecule has 1 N–H and O–H groups in total. The predicted octanol–water partition coefficient (Wildman–Crippen LogP) is 1.17. The van der Waals surface area contributed by atoms with Gasteiger partial charge in [-0.05, 0) is 25.6 Å². The first kappa shape index (κ1) is 14.5. The van der Waals surface area contributed by atoms with Gasteiger partial charge in [0.05, 0.1) is 17.6 Å². The molecule has 0 amide bonds. The second kappa shape index (κ2) is 6.56. The predicted molar refractivity (Wildman–Crippen MR) is 84.2 cm³/mol. The molecule has 0 aliphatic carbocycles. The highest BCUT2D eigenvalue weighted by molar-refractivity contribution is 5.75. The summed E-state index contributed by atoms with van der Waals surface area (Å²) in [6.45, 7) is 6.39. The van der Waals surface area contributed by atoms with E-state index in [2.05, 4.69) is 39.6 Å². The number of imidazole rings is 1. The van der Waals surface area contributed by atoms with E-state index < -0.39 is 0 Å². The first-order valence-corrected chi connectivity index (χ1v) is 7.74. The molecule has 2 aromatic rings. The maximum atomic E-state index is 9.13. The van der Waals surface area contributed by atoms with Crippen LogP contribution in [0.15, 0.2) is 24.3 Å². The number of aromatic nitrogens is 2. The van der Waals surface area contributed by atoms with Crippen molar-refractivity contribution >= 4 is 11.0 Å². The molecular weight excluding hydrogens is 264 g/mol. The van der Waals surface area contributed by atoms with Gasteiger partial charge < -0.3 is 14.6 Å². The van der Waals surface area contributed by atoms with Crippen molar-refractivity contribution in [2.24, 2.45) is 0 Å². The van der Waals surface area contributed by atoms with Gasteiger partial charge in [0.2, 0.25) is 0 Å². The lowest BCUT2D eigenvalue weighted by Gasteiger charge is -2.32. The molecule has 0 unspecified atom stereocenters. The highest BCUT2D eigenvalue weighted by Gasteiger charge is 2.17. The van der Waals surface area contributed by atoms with Crippen LogP contribution in [0.2, 0.25) is 0 Å². The summed E-state index contributed by atoms with van der Waals surface area (Å²) in [5.74, 6) is 1.12. The van der Waals surface area contributed by atoms with E-state index in [1.165, 1.54) is 5.52 Å². The zero-order chi connectivity index (χ0) is 14.7. The van der Waals surface area contributed by atoms with Crippen LogP contribution in [0.3, 0.4) is 0 Å².